The molecular weight excluding hydrogens is 458 g/mol. The molecule has 0 unspecified atom stereocenters. The van der Waals surface area contributed by atoms with E-state index < -0.39 is 40.6 Å². The summed E-state index contributed by atoms with van der Waals surface area (Å²) >= 11 is 0. The van der Waals surface area contributed by atoms with Crippen molar-refractivity contribution in [3.8, 4) is 0 Å². The van der Waals surface area contributed by atoms with Crippen LogP contribution >= 0.6 is 0 Å². The highest BCUT2D eigenvalue weighted by Gasteiger charge is 2.37. The fourth-order valence-corrected chi connectivity index (χ4v) is 3.18. The lowest BCUT2D eigenvalue weighted by molar-refractivity contribution is -0.384. The molecule has 0 fully saturated rings. The molecule has 0 aliphatic carbocycles. The molecule has 11 nitrogen and oxygen atoms in total. The first-order chi connectivity index (χ1) is 16.4. The van der Waals surface area contributed by atoms with E-state index >= 15 is 0 Å². The van der Waals surface area contributed by atoms with Crippen LogP contribution in [-0.4, -0.2) is 57.9 Å². The third-order valence-electron chi connectivity index (χ3n) is 4.83. The smallest absolute Gasteiger partial charge is 0.425 e. The third kappa shape index (κ3) is 8.38. The number of rotatable bonds is 10. The molecule has 0 aliphatic rings. The molecule has 0 aliphatic heterocycles. The number of carbonyl (C=O) groups excluding carboxylic acids is 2. The number of esters is 1. The van der Waals surface area contributed by atoms with Crippen molar-refractivity contribution in [3.63, 3.8) is 0 Å². The predicted octanol–water partition coefficient (Wildman–Crippen LogP) is 3.12. The highest BCUT2D eigenvalue weighted by atomic mass is 16.6. The first-order valence-corrected chi connectivity index (χ1v) is 10.8. The van der Waals surface area contributed by atoms with Crippen LogP contribution in [-0.2, 0) is 31.9 Å². The Morgan fingerprint density at radius 2 is 1.60 bits per heavy atom. The van der Waals surface area contributed by atoms with Crippen LogP contribution in [0.2, 0.25) is 0 Å². The fourth-order valence-electron chi connectivity index (χ4n) is 3.18. The van der Waals surface area contributed by atoms with Gasteiger partial charge in [0.1, 0.15) is 11.6 Å². The summed E-state index contributed by atoms with van der Waals surface area (Å²) in [6.45, 7) is 4.91. The number of non-ortho nitro benzene ring substituents is 1. The Morgan fingerprint density at radius 3 is 2.09 bits per heavy atom. The summed E-state index contributed by atoms with van der Waals surface area (Å²) in [7, 11) is 1.17. The van der Waals surface area contributed by atoms with Crippen molar-refractivity contribution < 1.29 is 33.9 Å². The largest absolute Gasteiger partial charge is 0.480 e. The van der Waals surface area contributed by atoms with E-state index in [1.54, 1.807) is 51.1 Å². The van der Waals surface area contributed by atoms with E-state index in [-0.39, 0.29) is 18.5 Å². The lowest BCUT2D eigenvalue weighted by Crippen LogP contribution is -2.60. The van der Waals surface area contributed by atoms with Crippen molar-refractivity contribution in [3.05, 3.63) is 75.8 Å². The summed E-state index contributed by atoms with van der Waals surface area (Å²) < 4.78 is 10.3. The number of methoxy groups -OCH3 is 1. The standard InChI is InChI=1S/C24H29N3O8/c1-24(2,3)35-23(31)26(20(22(30)34-4)15-16-8-6-5-7-9-16)25-19(21(28)29)14-17-10-12-18(13-11-17)27(32)33/h5-13,19-20,25H,14-15H2,1-4H3,(H,28,29)/t19-,20-/m0/s1. The average Bonchev–Trinajstić information content (AvgIpc) is 2.79. The second-order valence-electron chi connectivity index (χ2n) is 8.73. The van der Waals surface area contributed by atoms with Crippen LogP contribution in [0.25, 0.3) is 0 Å². The second-order valence-corrected chi connectivity index (χ2v) is 8.73. The lowest BCUT2D eigenvalue weighted by Gasteiger charge is -2.34. The van der Waals surface area contributed by atoms with Crippen molar-refractivity contribution in [1.82, 2.24) is 10.4 Å². The fraction of sp³-hybridized carbons (Fsp3) is 0.375. The van der Waals surface area contributed by atoms with Gasteiger partial charge in [0, 0.05) is 25.0 Å². The zero-order valence-corrected chi connectivity index (χ0v) is 20.0. The molecule has 1 amide bonds. The van der Waals surface area contributed by atoms with Gasteiger partial charge in [-0.15, -0.1) is 0 Å². The van der Waals surface area contributed by atoms with Gasteiger partial charge in [-0.2, -0.15) is 0 Å². The molecule has 0 bridgehead atoms. The van der Waals surface area contributed by atoms with E-state index in [9.17, 15) is 29.6 Å². The van der Waals surface area contributed by atoms with Gasteiger partial charge in [0.25, 0.3) is 5.69 Å². The van der Waals surface area contributed by atoms with Gasteiger partial charge >= 0.3 is 18.0 Å². The summed E-state index contributed by atoms with van der Waals surface area (Å²) in [5.41, 5.74) is 2.73. The molecule has 0 spiro atoms. The maximum Gasteiger partial charge on any atom is 0.425 e. The zero-order chi connectivity index (χ0) is 26.2. The van der Waals surface area contributed by atoms with Crippen LogP contribution in [0.5, 0.6) is 0 Å². The number of nitrogens with zero attached hydrogens (tertiary/aromatic N) is 2. The molecule has 2 atom stereocenters. The molecular formula is C24H29N3O8. The number of nitro groups is 1. The van der Waals surface area contributed by atoms with Gasteiger partial charge in [-0.25, -0.2) is 20.0 Å². The average molecular weight is 488 g/mol. The van der Waals surface area contributed by atoms with E-state index in [4.69, 9.17) is 9.47 Å². The molecule has 0 saturated carbocycles. The Morgan fingerprint density at radius 1 is 1.03 bits per heavy atom. The van der Waals surface area contributed by atoms with Crippen molar-refractivity contribution >= 4 is 23.7 Å². The van der Waals surface area contributed by atoms with Crippen molar-refractivity contribution in [2.75, 3.05) is 7.11 Å². The molecule has 0 radical (unpaired) electrons. The Hall–Kier alpha value is -3.99. The SMILES string of the molecule is COC(=O)[C@H](Cc1ccccc1)N(N[C@@H](Cc1ccc([N+](=O)[O-])cc1)C(=O)O)C(=O)OC(C)(C)C. The summed E-state index contributed by atoms with van der Waals surface area (Å²) in [6, 6.07) is 11.6. The maximum atomic E-state index is 13.1. The Bertz CT molecular complexity index is 1030. The van der Waals surface area contributed by atoms with E-state index in [0.717, 1.165) is 5.01 Å². The van der Waals surface area contributed by atoms with Crippen LogP contribution in [0.15, 0.2) is 54.6 Å². The quantitative estimate of drug-likeness (QED) is 0.293. The van der Waals surface area contributed by atoms with Crippen LogP contribution in [0, 0.1) is 10.1 Å². The molecule has 0 aromatic heterocycles. The van der Waals surface area contributed by atoms with E-state index in [1.807, 2.05) is 0 Å². The second kappa shape index (κ2) is 11.9. The summed E-state index contributed by atoms with van der Waals surface area (Å²) in [5, 5.41) is 21.6. The summed E-state index contributed by atoms with van der Waals surface area (Å²) in [4.78, 5) is 48.2. The highest BCUT2D eigenvalue weighted by molar-refractivity contribution is 5.82. The monoisotopic (exact) mass is 487 g/mol. The van der Waals surface area contributed by atoms with Gasteiger partial charge in [-0.1, -0.05) is 42.5 Å². The molecule has 2 N–H and O–H groups in total. The molecule has 2 aromatic carbocycles. The minimum atomic E-state index is -1.37. The minimum Gasteiger partial charge on any atom is -0.480 e. The van der Waals surface area contributed by atoms with Gasteiger partial charge in [-0.3, -0.25) is 14.9 Å². The van der Waals surface area contributed by atoms with Crippen LogP contribution in [0.1, 0.15) is 31.9 Å². The molecule has 2 rings (SSSR count). The van der Waals surface area contributed by atoms with E-state index in [1.165, 1.54) is 31.4 Å². The van der Waals surface area contributed by atoms with E-state index in [0.29, 0.717) is 11.1 Å². The molecule has 188 valence electrons. The number of benzene rings is 2. The maximum absolute atomic E-state index is 13.1. The number of hydrogen-bond acceptors (Lipinski definition) is 8. The highest BCUT2D eigenvalue weighted by Crippen LogP contribution is 2.17. The third-order valence-corrected chi connectivity index (χ3v) is 4.83. The minimum absolute atomic E-state index is 0.0314. The molecule has 0 saturated heterocycles. The van der Waals surface area contributed by atoms with Crippen molar-refractivity contribution in [2.24, 2.45) is 0 Å². The van der Waals surface area contributed by atoms with Gasteiger partial charge in [-0.05, 0) is 31.9 Å². The number of nitro benzene ring substituents is 1. The number of hydrogen-bond donors (Lipinski definition) is 2. The van der Waals surface area contributed by atoms with Crippen molar-refractivity contribution in [2.45, 2.75) is 51.3 Å². The topological polar surface area (TPSA) is 148 Å². The number of carboxylic acids is 1. The Balaban J connectivity index is 2.40. The molecule has 2 aromatic rings. The van der Waals surface area contributed by atoms with Crippen molar-refractivity contribution in [1.29, 1.82) is 0 Å². The number of amides is 1. The first-order valence-electron chi connectivity index (χ1n) is 10.8. The van der Waals surface area contributed by atoms with Crippen LogP contribution in [0.4, 0.5) is 10.5 Å². The Kier molecular flexibility index (Phi) is 9.29. The lowest BCUT2D eigenvalue weighted by atomic mass is 10.0. The van der Waals surface area contributed by atoms with Crippen LogP contribution in [0.3, 0.4) is 0 Å². The molecule has 0 heterocycles. The summed E-state index contributed by atoms with van der Waals surface area (Å²) in [5.74, 6) is -2.08. The summed E-state index contributed by atoms with van der Waals surface area (Å²) in [6.07, 6.45) is -1.06. The molecule has 35 heavy (non-hydrogen) atoms. The Labute approximate surface area is 202 Å². The number of carbonyl (C=O) groups is 3. The number of hydrazine groups is 1. The molecule has 11 heteroatoms. The van der Waals surface area contributed by atoms with Gasteiger partial charge < -0.3 is 14.6 Å². The number of carboxylic acid groups (broad SMARTS) is 1. The van der Waals surface area contributed by atoms with Gasteiger partial charge in [0.15, 0.2) is 6.04 Å². The first kappa shape index (κ1) is 27.3. The van der Waals surface area contributed by atoms with Crippen LogP contribution < -0.4 is 5.43 Å². The van der Waals surface area contributed by atoms with Gasteiger partial charge in [0.2, 0.25) is 0 Å². The number of nitrogens with one attached hydrogen (secondary N) is 1. The normalized spacial score (nSPS) is 12.8. The van der Waals surface area contributed by atoms with E-state index in [2.05, 4.69) is 5.43 Å². The number of aliphatic carboxylic acids is 1. The predicted molar refractivity (Wildman–Crippen MR) is 125 cm³/mol. The number of ether oxygens (including phenoxy) is 2. The zero-order valence-electron chi connectivity index (χ0n) is 20.0. The van der Waals surface area contributed by atoms with Gasteiger partial charge in [0.05, 0.1) is 12.0 Å².